The Morgan fingerprint density at radius 3 is 2.19 bits per heavy atom. The van der Waals surface area contributed by atoms with Crippen LogP contribution in [0.25, 0.3) is 22.3 Å². The zero-order valence-corrected chi connectivity index (χ0v) is 20.7. The highest BCUT2D eigenvalue weighted by atomic mass is 16.5. The molecule has 3 aromatic carbocycles. The van der Waals surface area contributed by atoms with Crippen LogP contribution in [0.15, 0.2) is 66.9 Å². The molecule has 0 aliphatic heterocycles. The molecule has 0 radical (unpaired) electrons. The molecule has 0 aliphatic carbocycles. The van der Waals surface area contributed by atoms with E-state index in [4.69, 9.17) is 24.7 Å². The summed E-state index contributed by atoms with van der Waals surface area (Å²) >= 11 is 0. The van der Waals surface area contributed by atoms with Crippen molar-refractivity contribution in [1.29, 1.82) is 5.26 Å². The Morgan fingerprint density at radius 1 is 0.833 bits per heavy atom. The van der Waals surface area contributed by atoms with Crippen molar-refractivity contribution in [2.75, 3.05) is 27.1 Å². The van der Waals surface area contributed by atoms with E-state index in [1.807, 2.05) is 67.6 Å². The Morgan fingerprint density at radius 2 is 1.53 bits per heavy atom. The molecule has 1 heterocycles. The van der Waals surface area contributed by atoms with Crippen LogP contribution in [0.3, 0.4) is 0 Å². The third-order valence-corrected chi connectivity index (χ3v) is 5.91. The average Bonchev–Trinajstić information content (AvgIpc) is 2.91. The van der Waals surface area contributed by atoms with E-state index in [0.29, 0.717) is 34.1 Å². The Balaban J connectivity index is 1.74. The zero-order chi connectivity index (χ0) is 25.7. The van der Waals surface area contributed by atoms with Crippen molar-refractivity contribution in [2.45, 2.75) is 13.5 Å². The summed E-state index contributed by atoms with van der Waals surface area (Å²) in [6.45, 7) is 2.27. The van der Waals surface area contributed by atoms with Crippen molar-refractivity contribution in [1.82, 2.24) is 4.98 Å². The molecule has 0 saturated carbocycles. The van der Waals surface area contributed by atoms with Gasteiger partial charge in [0.1, 0.15) is 35.6 Å². The van der Waals surface area contributed by atoms with Crippen LogP contribution in [-0.2, 0) is 6.61 Å². The lowest BCUT2D eigenvalue weighted by molar-refractivity contribution is 0.277. The molecule has 0 amide bonds. The molecule has 0 atom stereocenters. The molecule has 4 aromatic rings. The minimum Gasteiger partial charge on any atom is -0.497 e. The molecule has 7 heteroatoms. The van der Waals surface area contributed by atoms with E-state index in [0.717, 1.165) is 27.8 Å². The predicted molar refractivity (Wildman–Crippen MR) is 139 cm³/mol. The number of nitrogens with two attached hydrogens (primary N) is 1. The topological polar surface area (TPSA) is 99.6 Å². The van der Waals surface area contributed by atoms with Gasteiger partial charge < -0.3 is 24.7 Å². The molecular formula is C29H27N3O4. The molecule has 0 aliphatic rings. The average molecular weight is 482 g/mol. The molecule has 4 rings (SSSR count). The third kappa shape index (κ3) is 4.89. The number of benzene rings is 3. The van der Waals surface area contributed by atoms with Gasteiger partial charge in [0.25, 0.3) is 0 Å². The number of aryl methyl sites for hydroxylation is 1. The van der Waals surface area contributed by atoms with Gasteiger partial charge in [-0.2, -0.15) is 5.26 Å². The number of methoxy groups -OCH3 is 3. The molecule has 0 spiro atoms. The summed E-state index contributed by atoms with van der Waals surface area (Å²) in [6.07, 6.45) is 1.70. The summed E-state index contributed by atoms with van der Waals surface area (Å²) in [7, 11) is 4.80. The monoisotopic (exact) mass is 481 g/mol. The van der Waals surface area contributed by atoms with Gasteiger partial charge >= 0.3 is 0 Å². The number of hydrogen-bond donors (Lipinski definition) is 1. The number of hydrogen-bond acceptors (Lipinski definition) is 7. The van der Waals surface area contributed by atoms with Gasteiger partial charge in [-0.15, -0.1) is 0 Å². The zero-order valence-electron chi connectivity index (χ0n) is 20.7. The van der Waals surface area contributed by atoms with E-state index in [9.17, 15) is 5.26 Å². The van der Waals surface area contributed by atoms with E-state index in [1.165, 1.54) is 0 Å². The van der Waals surface area contributed by atoms with Gasteiger partial charge in [0.2, 0.25) is 0 Å². The molecule has 2 N–H and O–H groups in total. The number of aromatic nitrogens is 1. The summed E-state index contributed by atoms with van der Waals surface area (Å²) in [6, 6.07) is 21.3. The molecular weight excluding hydrogens is 454 g/mol. The van der Waals surface area contributed by atoms with Crippen molar-refractivity contribution in [2.24, 2.45) is 0 Å². The molecule has 182 valence electrons. The van der Waals surface area contributed by atoms with Gasteiger partial charge in [0, 0.05) is 22.9 Å². The maximum absolute atomic E-state index is 9.91. The van der Waals surface area contributed by atoms with Crippen LogP contribution in [0.4, 0.5) is 5.82 Å². The molecule has 1 aromatic heterocycles. The number of ether oxygens (including phenoxy) is 4. The third-order valence-electron chi connectivity index (χ3n) is 5.91. The van der Waals surface area contributed by atoms with Crippen molar-refractivity contribution in [3.8, 4) is 51.3 Å². The van der Waals surface area contributed by atoms with Crippen LogP contribution in [0, 0.1) is 18.3 Å². The van der Waals surface area contributed by atoms with Crippen LogP contribution in [0.1, 0.15) is 16.7 Å². The fourth-order valence-electron chi connectivity index (χ4n) is 3.98. The maximum atomic E-state index is 9.91. The highest BCUT2D eigenvalue weighted by molar-refractivity contribution is 5.90. The second-order valence-electron chi connectivity index (χ2n) is 8.12. The maximum Gasteiger partial charge on any atom is 0.161 e. The lowest BCUT2D eigenvalue weighted by Crippen LogP contribution is -2.02. The van der Waals surface area contributed by atoms with Gasteiger partial charge in [-0.05, 0) is 48.4 Å². The van der Waals surface area contributed by atoms with E-state index >= 15 is 0 Å². The lowest BCUT2D eigenvalue weighted by Gasteiger charge is -2.17. The fourth-order valence-corrected chi connectivity index (χ4v) is 3.98. The normalized spacial score (nSPS) is 10.4. The molecule has 0 saturated heterocycles. The van der Waals surface area contributed by atoms with E-state index in [1.54, 1.807) is 27.5 Å². The standard InChI is InChI=1S/C29H27N3O4/c1-18-5-7-19(8-6-18)24-16-32-29(31)23(15-30)28(24)20-9-11-26(27(14-20)35-4)36-17-21-13-22(33-2)10-12-25(21)34-3/h5-14,16H,17H2,1-4H3,(H2,31,32). The number of rotatable bonds is 8. The molecule has 0 fully saturated rings. The van der Waals surface area contributed by atoms with Gasteiger partial charge in [0.05, 0.1) is 21.3 Å². The Hall–Kier alpha value is -4.70. The van der Waals surface area contributed by atoms with E-state index < -0.39 is 0 Å². The summed E-state index contributed by atoms with van der Waals surface area (Å²) in [5.41, 5.74) is 11.6. The first-order valence-corrected chi connectivity index (χ1v) is 11.3. The van der Waals surface area contributed by atoms with Crippen LogP contribution >= 0.6 is 0 Å². The largest absolute Gasteiger partial charge is 0.497 e. The van der Waals surface area contributed by atoms with Crippen LogP contribution < -0.4 is 24.7 Å². The SMILES string of the molecule is COc1ccc(OC)c(COc2ccc(-c3c(-c4ccc(C)cc4)cnc(N)c3C#N)cc2OC)c1. The summed E-state index contributed by atoms with van der Waals surface area (Å²) in [4.78, 5) is 4.27. The lowest BCUT2D eigenvalue weighted by atomic mass is 9.92. The van der Waals surface area contributed by atoms with Crippen LogP contribution in [0.5, 0.6) is 23.0 Å². The summed E-state index contributed by atoms with van der Waals surface area (Å²) in [5, 5.41) is 9.91. The van der Waals surface area contributed by atoms with Crippen LogP contribution in [-0.4, -0.2) is 26.3 Å². The first-order valence-electron chi connectivity index (χ1n) is 11.3. The van der Waals surface area contributed by atoms with Crippen molar-refractivity contribution >= 4 is 5.82 Å². The molecule has 7 nitrogen and oxygen atoms in total. The highest BCUT2D eigenvalue weighted by Gasteiger charge is 2.19. The van der Waals surface area contributed by atoms with Gasteiger partial charge in [-0.25, -0.2) is 4.98 Å². The van der Waals surface area contributed by atoms with Gasteiger partial charge in [-0.3, -0.25) is 0 Å². The first kappa shape index (κ1) is 24.4. The van der Waals surface area contributed by atoms with Gasteiger partial charge in [-0.1, -0.05) is 35.9 Å². The number of anilines is 1. The van der Waals surface area contributed by atoms with Crippen molar-refractivity contribution in [3.05, 3.63) is 83.6 Å². The Bertz CT molecular complexity index is 1430. The highest BCUT2D eigenvalue weighted by Crippen LogP contribution is 2.40. The first-order chi connectivity index (χ1) is 17.5. The molecule has 0 unspecified atom stereocenters. The molecule has 36 heavy (non-hydrogen) atoms. The second-order valence-corrected chi connectivity index (χ2v) is 8.12. The quantitative estimate of drug-likeness (QED) is 0.340. The van der Waals surface area contributed by atoms with E-state index in [-0.39, 0.29) is 12.4 Å². The smallest absolute Gasteiger partial charge is 0.161 e. The number of nitrogens with zero attached hydrogens (tertiary/aromatic N) is 2. The number of nitrogen functional groups attached to an aromatic ring is 1. The van der Waals surface area contributed by atoms with E-state index in [2.05, 4.69) is 11.1 Å². The predicted octanol–water partition coefficient (Wildman–Crippen LogP) is 5.78. The molecule has 0 bridgehead atoms. The minimum atomic E-state index is 0.174. The van der Waals surface area contributed by atoms with Gasteiger partial charge in [0.15, 0.2) is 11.5 Å². The van der Waals surface area contributed by atoms with Crippen LogP contribution in [0.2, 0.25) is 0 Å². The second kappa shape index (κ2) is 10.7. The number of pyridine rings is 1. The number of nitriles is 1. The Labute approximate surface area is 210 Å². The van der Waals surface area contributed by atoms with Crippen molar-refractivity contribution in [3.63, 3.8) is 0 Å². The van der Waals surface area contributed by atoms with Crippen molar-refractivity contribution < 1.29 is 18.9 Å². The Kier molecular flexibility index (Phi) is 7.26. The minimum absolute atomic E-state index is 0.174. The summed E-state index contributed by atoms with van der Waals surface area (Å²) < 4.78 is 22.5. The fraction of sp³-hybridized carbons (Fsp3) is 0.172. The summed E-state index contributed by atoms with van der Waals surface area (Å²) in [5.74, 6) is 2.64.